The van der Waals surface area contributed by atoms with E-state index in [1.165, 1.54) is 0 Å². The van der Waals surface area contributed by atoms with Crippen molar-refractivity contribution in [3.8, 4) is 0 Å². The molecule has 2 heteroatoms. The molecule has 0 saturated carbocycles. The normalized spacial score (nSPS) is 18.0. The molecule has 0 amide bonds. The fraction of sp³-hybridized carbons (Fsp3) is 1.00. The molecule has 0 bridgehead atoms. The van der Waals surface area contributed by atoms with Crippen molar-refractivity contribution < 1.29 is 5.11 Å². The van der Waals surface area contributed by atoms with Gasteiger partial charge in [0.05, 0.1) is 5.60 Å². The van der Waals surface area contributed by atoms with E-state index in [1.807, 2.05) is 20.9 Å². The van der Waals surface area contributed by atoms with Gasteiger partial charge in [0.15, 0.2) is 0 Å². The maximum atomic E-state index is 9.26. The van der Waals surface area contributed by atoms with Crippen LogP contribution in [0, 0.1) is 0 Å². The summed E-state index contributed by atoms with van der Waals surface area (Å²) >= 11 is 0. The average Bonchev–Trinajstić information content (AvgIpc) is 1.67. The van der Waals surface area contributed by atoms with E-state index in [-0.39, 0.29) is 0 Å². The standard InChI is InChI=1S/C6H15NO/c1-4-6(2,8)5-7-3/h7-8H,4-5H2,1-3H3/t6-/m0/s1. The van der Waals surface area contributed by atoms with Crippen LogP contribution in [0.25, 0.3) is 0 Å². The molecule has 0 aliphatic heterocycles. The van der Waals surface area contributed by atoms with Gasteiger partial charge in [-0.3, -0.25) is 0 Å². The smallest absolute Gasteiger partial charge is 0.0740 e. The summed E-state index contributed by atoms with van der Waals surface area (Å²) < 4.78 is 0. The molecule has 2 N–H and O–H groups in total. The molecular formula is C6H15NO. The van der Waals surface area contributed by atoms with Gasteiger partial charge in [0, 0.05) is 6.54 Å². The Labute approximate surface area is 50.9 Å². The monoisotopic (exact) mass is 117 g/mol. The molecule has 0 spiro atoms. The second-order valence-corrected chi connectivity index (χ2v) is 2.38. The molecule has 2 nitrogen and oxygen atoms in total. The van der Waals surface area contributed by atoms with Gasteiger partial charge >= 0.3 is 0 Å². The average molecular weight is 117 g/mol. The van der Waals surface area contributed by atoms with Gasteiger partial charge in [-0.25, -0.2) is 0 Å². The third-order valence-electron chi connectivity index (χ3n) is 1.32. The fourth-order valence-electron chi connectivity index (χ4n) is 0.506. The lowest BCUT2D eigenvalue weighted by molar-refractivity contribution is 0.0579. The summed E-state index contributed by atoms with van der Waals surface area (Å²) in [4.78, 5) is 0. The SMILES string of the molecule is CC[C@](C)(O)CNC. The van der Waals surface area contributed by atoms with Crippen molar-refractivity contribution in [3.05, 3.63) is 0 Å². The Hall–Kier alpha value is -0.0800. The van der Waals surface area contributed by atoms with Gasteiger partial charge in [-0.15, -0.1) is 0 Å². The first kappa shape index (κ1) is 7.92. The number of likely N-dealkylation sites (N-methyl/N-ethyl adjacent to an activating group) is 1. The van der Waals surface area contributed by atoms with Crippen LogP contribution < -0.4 is 5.32 Å². The van der Waals surface area contributed by atoms with Gasteiger partial charge in [-0.05, 0) is 20.4 Å². The summed E-state index contributed by atoms with van der Waals surface area (Å²) in [6, 6.07) is 0. The number of hydrogen-bond donors (Lipinski definition) is 2. The van der Waals surface area contributed by atoms with Gasteiger partial charge in [0.2, 0.25) is 0 Å². The lowest BCUT2D eigenvalue weighted by atomic mass is 10.0. The molecule has 50 valence electrons. The second-order valence-electron chi connectivity index (χ2n) is 2.38. The van der Waals surface area contributed by atoms with Crippen LogP contribution in [0.15, 0.2) is 0 Å². The lowest BCUT2D eigenvalue weighted by Gasteiger charge is -2.19. The lowest BCUT2D eigenvalue weighted by Crippen LogP contribution is -2.35. The van der Waals surface area contributed by atoms with E-state index < -0.39 is 5.60 Å². The minimum atomic E-state index is -0.519. The Bertz CT molecular complexity index is 61.5. The van der Waals surface area contributed by atoms with Crippen molar-refractivity contribution in [2.75, 3.05) is 13.6 Å². The minimum absolute atomic E-state index is 0.519. The summed E-state index contributed by atoms with van der Waals surface area (Å²) in [5, 5.41) is 12.2. The minimum Gasteiger partial charge on any atom is -0.389 e. The summed E-state index contributed by atoms with van der Waals surface area (Å²) in [6.45, 7) is 4.46. The molecular weight excluding hydrogens is 102 g/mol. The molecule has 1 atom stereocenters. The number of nitrogens with one attached hydrogen (secondary N) is 1. The summed E-state index contributed by atoms with van der Waals surface area (Å²) in [6.07, 6.45) is 0.799. The highest BCUT2D eigenvalue weighted by Gasteiger charge is 2.14. The van der Waals surface area contributed by atoms with Gasteiger partial charge in [-0.2, -0.15) is 0 Å². The first-order chi connectivity index (χ1) is 3.62. The Balaban J connectivity index is 3.37. The molecule has 0 unspecified atom stereocenters. The van der Waals surface area contributed by atoms with E-state index in [2.05, 4.69) is 5.32 Å². The van der Waals surface area contributed by atoms with Crippen LogP contribution in [0.4, 0.5) is 0 Å². The largest absolute Gasteiger partial charge is 0.389 e. The van der Waals surface area contributed by atoms with Crippen molar-refractivity contribution in [3.63, 3.8) is 0 Å². The third kappa shape index (κ3) is 2.99. The Morgan fingerprint density at radius 1 is 1.62 bits per heavy atom. The number of hydrogen-bond acceptors (Lipinski definition) is 2. The molecule has 0 aromatic heterocycles. The van der Waals surface area contributed by atoms with E-state index in [9.17, 15) is 5.11 Å². The van der Waals surface area contributed by atoms with E-state index in [0.717, 1.165) is 6.42 Å². The first-order valence-corrected chi connectivity index (χ1v) is 2.99. The van der Waals surface area contributed by atoms with Crippen molar-refractivity contribution in [2.24, 2.45) is 0 Å². The summed E-state index contributed by atoms with van der Waals surface area (Å²) in [7, 11) is 1.84. The van der Waals surface area contributed by atoms with Crippen LogP contribution in [0.1, 0.15) is 20.3 Å². The van der Waals surface area contributed by atoms with E-state index in [4.69, 9.17) is 0 Å². The van der Waals surface area contributed by atoms with Gasteiger partial charge < -0.3 is 10.4 Å². The molecule has 0 fully saturated rings. The van der Waals surface area contributed by atoms with Gasteiger partial charge in [0.25, 0.3) is 0 Å². The highest BCUT2D eigenvalue weighted by atomic mass is 16.3. The van der Waals surface area contributed by atoms with E-state index >= 15 is 0 Å². The van der Waals surface area contributed by atoms with Crippen LogP contribution in [-0.2, 0) is 0 Å². The molecule has 0 aromatic rings. The van der Waals surface area contributed by atoms with Crippen molar-refractivity contribution >= 4 is 0 Å². The Kier molecular flexibility index (Phi) is 3.02. The zero-order chi connectivity index (χ0) is 6.62. The maximum Gasteiger partial charge on any atom is 0.0740 e. The predicted molar refractivity (Wildman–Crippen MR) is 34.8 cm³/mol. The van der Waals surface area contributed by atoms with Crippen LogP contribution in [0.5, 0.6) is 0 Å². The molecule has 0 aliphatic rings. The highest BCUT2D eigenvalue weighted by Crippen LogP contribution is 2.04. The fourth-order valence-corrected chi connectivity index (χ4v) is 0.506. The molecule has 8 heavy (non-hydrogen) atoms. The Morgan fingerprint density at radius 2 is 2.12 bits per heavy atom. The molecule has 0 radical (unpaired) electrons. The molecule has 0 heterocycles. The van der Waals surface area contributed by atoms with Gasteiger partial charge in [-0.1, -0.05) is 6.92 Å². The highest BCUT2D eigenvalue weighted by molar-refractivity contribution is 4.71. The number of aliphatic hydroxyl groups is 1. The van der Waals surface area contributed by atoms with Gasteiger partial charge in [0.1, 0.15) is 0 Å². The van der Waals surface area contributed by atoms with Crippen molar-refractivity contribution in [1.29, 1.82) is 0 Å². The molecule has 0 aromatic carbocycles. The molecule has 0 aliphatic carbocycles. The third-order valence-corrected chi connectivity index (χ3v) is 1.32. The van der Waals surface area contributed by atoms with Crippen LogP contribution in [-0.4, -0.2) is 24.3 Å². The predicted octanol–water partition coefficient (Wildman–Crippen LogP) is 0.367. The summed E-state index contributed by atoms with van der Waals surface area (Å²) in [5.41, 5.74) is -0.519. The van der Waals surface area contributed by atoms with Crippen molar-refractivity contribution in [1.82, 2.24) is 5.32 Å². The molecule has 0 rings (SSSR count). The Morgan fingerprint density at radius 3 is 2.25 bits per heavy atom. The van der Waals surface area contributed by atoms with Crippen LogP contribution in [0.2, 0.25) is 0 Å². The van der Waals surface area contributed by atoms with Crippen LogP contribution in [0.3, 0.4) is 0 Å². The zero-order valence-corrected chi connectivity index (χ0v) is 5.86. The van der Waals surface area contributed by atoms with Crippen LogP contribution >= 0.6 is 0 Å². The quantitative estimate of drug-likeness (QED) is 0.559. The molecule has 0 saturated heterocycles. The number of rotatable bonds is 3. The second kappa shape index (κ2) is 3.05. The summed E-state index contributed by atoms with van der Waals surface area (Å²) in [5.74, 6) is 0. The van der Waals surface area contributed by atoms with E-state index in [1.54, 1.807) is 0 Å². The van der Waals surface area contributed by atoms with Crippen molar-refractivity contribution in [2.45, 2.75) is 25.9 Å². The zero-order valence-electron chi connectivity index (χ0n) is 5.86. The van der Waals surface area contributed by atoms with E-state index in [0.29, 0.717) is 6.54 Å². The topological polar surface area (TPSA) is 32.3 Å². The maximum absolute atomic E-state index is 9.26. The first-order valence-electron chi connectivity index (χ1n) is 2.99.